The Morgan fingerprint density at radius 1 is 1.15 bits per heavy atom. The number of imidazole rings is 1. The lowest BCUT2D eigenvalue weighted by molar-refractivity contribution is -0.143. The predicted octanol–water partition coefficient (Wildman–Crippen LogP) is 5.82. The van der Waals surface area contributed by atoms with Crippen LogP contribution in [0.4, 0.5) is 0 Å². The molecule has 0 aliphatic carbocycles. The summed E-state index contributed by atoms with van der Waals surface area (Å²) in [5, 5.41) is 10.0. The lowest BCUT2D eigenvalue weighted by Gasteiger charge is -2.32. The number of benzene rings is 3. The highest BCUT2D eigenvalue weighted by molar-refractivity contribution is 6.33. The summed E-state index contributed by atoms with van der Waals surface area (Å²) in [5.74, 6) is -0.0271. The van der Waals surface area contributed by atoms with E-state index in [4.69, 9.17) is 11.6 Å². The fourth-order valence-corrected chi connectivity index (χ4v) is 4.88. The number of halogens is 1. The zero-order valence-electron chi connectivity index (χ0n) is 19.0. The molecular formula is C28H26ClN3O2. The van der Waals surface area contributed by atoms with Crippen molar-refractivity contribution in [1.29, 1.82) is 0 Å². The van der Waals surface area contributed by atoms with E-state index in [1.54, 1.807) is 6.92 Å². The van der Waals surface area contributed by atoms with Gasteiger partial charge in [0.25, 0.3) is 0 Å². The molecule has 1 aromatic heterocycles. The van der Waals surface area contributed by atoms with E-state index in [0.29, 0.717) is 11.6 Å². The molecule has 0 bridgehead atoms. The van der Waals surface area contributed by atoms with Gasteiger partial charge in [-0.1, -0.05) is 66.2 Å². The van der Waals surface area contributed by atoms with Crippen molar-refractivity contribution in [2.75, 3.05) is 6.54 Å². The lowest BCUT2D eigenvalue weighted by atomic mass is 9.90. The minimum atomic E-state index is -0.776. The second-order valence-electron chi connectivity index (χ2n) is 8.79. The predicted molar refractivity (Wildman–Crippen MR) is 135 cm³/mol. The Bertz CT molecular complexity index is 1330. The number of H-pyrrole nitrogens is 1. The number of nitrogens with one attached hydrogen (secondary N) is 1. The normalized spacial score (nSPS) is 14.5. The van der Waals surface area contributed by atoms with E-state index in [1.807, 2.05) is 47.5 Å². The van der Waals surface area contributed by atoms with Gasteiger partial charge in [-0.2, -0.15) is 0 Å². The van der Waals surface area contributed by atoms with Crippen LogP contribution in [0.25, 0.3) is 22.6 Å². The van der Waals surface area contributed by atoms with Gasteiger partial charge in [0.15, 0.2) is 0 Å². The van der Waals surface area contributed by atoms with E-state index in [-0.39, 0.29) is 0 Å². The van der Waals surface area contributed by atoms with Gasteiger partial charge in [0, 0.05) is 18.7 Å². The van der Waals surface area contributed by atoms with Gasteiger partial charge in [0.2, 0.25) is 0 Å². The number of aliphatic carboxylic acids is 1. The summed E-state index contributed by atoms with van der Waals surface area (Å²) in [4.78, 5) is 21.4. The molecule has 3 aromatic carbocycles. The quantitative estimate of drug-likeness (QED) is 0.372. The summed E-state index contributed by atoms with van der Waals surface area (Å²) in [7, 11) is 0. The molecule has 0 saturated carbocycles. The molecule has 1 aliphatic rings. The zero-order valence-corrected chi connectivity index (χ0v) is 19.7. The second-order valence-corrected chi connectivity index (χ2v) is 9.20. The van der Waals surface area contributed by atoms with Crippen molar-refractivity contribution < 1.29 is 9.90 Å². The Morgan fingerprint density at radius 2 is 1.97 bits per heavy atom. The Kier molecular flexibility index (Phi) is 6.22. The van der Waals surface area contributed by atoms with Crippen LogP contribution in [0.15, 0.2) is 72.9 Å². The molecule has 0 fully saturated rings. The van der Waals surface area contributed by atoms with Crippen LogP contribution >= 0.6 is 11.6 Å². The summed E-state index contributed by atoms with van der Waals surface area (Å²) in [6.45, 7) is 3.17. The highest BCUT2D eigenvalue weighted by Gasteiger charge is 2.26. The van der Waals surface area contributed by atoms with Crippen LogP contribution in [0.3, 0.4) is 0 Å². The van der Waals surface area contributed by atoms with Gasteiger partial charge in [-0.05, 0) is 59.7 Å². The first-order valence-electron chi connectivity index (χ1n) is 11.5. The zero-order chi connectivity index (χ0) is 23.7. The Hall–Kier alpha value is -3.41. The van der Waals surface area contributed by atoms with Crippen LogP contribution in [0.2, 0.25) is 5.02 Å². The van der Waals surface area contributed by atoms with E-state index >= 15 is 0 Å². The molecule has 2 N–H and O–H groups in total. The highest BCUT2D eigenvalue weighted by Crippen LogP contribution is 2.31. The van der Waals surface area contributed by atoms with Gasteiger partial charge in [0.05, 0.1) is 16.9 Å². The number of aromatic nitrogens is 2. The van der Waals surface area contributed by atoms with Crippen molar-refractivity contribution in [1.82, 2.24) is 14.9 Å². The third-order valence-corrected chi connectivity index (χ3v) is 6.97. The number of carbonyl (C=O) groups is 1. The summed E-state index contributed by atoms with van der Waals surface area (Å²) >= 11 is 6.56. The molecule has 6 heteroatoms. The SMILES string of the molecule is C[C@H](C(=O)O)N1CCc2c(Cc3ccc(Cl)c(-c4ncc(-c5ccccc5)[nH]4)c3)cccc2C1. The van der Waals surface area contributed by atoms with Crippen LogP contribution in [0, 0.1) is 0 Å². The first kappa shape index (κ1) is 22.4. The van der Waals surface area contributed by atoms with Gasteiger partial charge >= 0.3 is 5.97 Å². The van der Waals surface area contributed by atoms with Crippen LogP contribution < -0.4 is 0 Å². The summed E-state index contributed by atoms with van der Waals surface area (Å²) in [6.07, 6.45) is 3.47. The second kappa shape index (κ2) is 9.45. The Balaban J connectivity index is 1.40. The maximum absolute atomic E-state index is 11.4. The van der Waals surface area contributed by atoms with E-state index in [1.165, 1.54) is 16.7 Å². The standard InChI is InChI=1S/C28H26ClN3O2/c1-18(28(33)34)32-13-12-23-21(8-5-9-22(23)17-32)14-19-10-11-25(29)24(15-19)27-30-16-26(31-27)20-6-3-2-4-7-20/h2-11,15-16,18H,12-14,17H2,1H3,(H,30,31)(H,33,34)/t18-/m1/s1. The molecule has 0 unspecified atom stereocenters. The third kappa shape index (κ3) is 4.49. The van der Waals surface area contributed by atoms with Gasteiger partial charge in [-0.25, -0.2) is 4.98 Å². The number of hydrogen-bond acceptors (Lipinski definition) is 3. The number of rotatable bonds is 6. The van der Waals surface area contributed by atoms with Crippen LogP contribution in [-0.4, -0.2) is 38.5 Å². The van der Waals surface area contributed by atoms with Crippen molar-refractivity contribution in [3.05, 3.63) is 100 Å². The van der Waals surface area contributed by atoms with Crippen LogP contribution in [-0.2, 0) is 24.2 Å². The topological polar surface area (TPSA) is 69.2 Å². The van der Waals surface area contributed by atoms with Gasteiger partial charge in [-0.15, -0.1) is 0 Å². The highest BCUT2D eigenvalue weighted by atomic mass is 35.5. The molecule has 4 aromatic rings. The average molecular weight is 472 g/mol. The van der Waals surface area contributed by atoms with E-state index < -0.39 is 12.0 Å². The molecule has 0 radical (unpaired) electrons. The third-order valence-electron chi connectivity index (χ3n) is 6.64. The van der Waals surface area contributed by atoms with E-state index in [0.717, 1.165) is 47.6 Å². The maximum Gasteiger partial charge on any atom is 0.320 e. The van der Waals surface area contributed by atoms with E-state index in [9.17, 15) is 9.90 Å². The molecule has 1 aliphatic heterocycles. The molecule has 2 heterocycles. The van der Waals surface area contributed by atoms with Gasteiger partial charge in [-0.3, -0.25) is 9.69 Å². The molecule has 34 heavy (non-hydrogen) atoms. The molecular weight excluding hydrogens is 446 g/mol. The number of aromatic amines is 1. The molecule has 0 amide bonds. The van der Waals surface area contributed by atoms with E-state index in [2.05, 4.69) is 40.3 Å². The molecule has 5 nitrogen and oxygen atoms in total. The van der Waals surface area contributed by atoms with Gasteiger partial charge < -0.3 is 10.1 Å². The minimum absolute atomic E-state index is 0.482. The summed E-state index contributed by atoms with van der Waals surface area (Å²) in [6, 6.07) is 22.1. The van der Waals surface area contributed by atoms with Crippen molar-refractivity contribution in [3.63, 3.8) is 0 Å². The maximum atomic E-state index is 11.4. The fraction of sp³-hybridized carbons (Fsp3) is 0.214. The number of nitrogens with zero attached hydrogens (tertiary/aromatic N) is 2. The van der Waals surface area contributed by atoms with Crippen LogP contribution in [0.1, 0.15) is 29.2 Å². The number of hydrogen-bond donors (Lipinski definition) is 2. The molecule has 172 valence electrons. The van der Waals surface area contributed by atoms with Gasteiger partial charge in [0.1, 0.15) is 11.9 Å². The van der Waals surface area contributed by atoms with Crippen molar-refractivity contribution >= 4 is 17.6 Å². The Morgan fingerprint density at radius 3 is 2.76 bits per heavy atom. The largest absolute Gasteiger partial charge is 0.480 e. The minimum Gasteiger partial charge on any atom is -0.480 e. The number of fused-ring (bicyclic) bond motifs is 1. The molecule has 5 rings (SSSR count). The molecule has 0 saturated heterocycles. The fourth-order valence-electron chi connectivity index (χ4n) is 4.67. The Labute approximate surface area is 204 Å². The van der Waals surface area contributed by atoms with Crippen molar-refractivity contribution in [2.45, 2.75) is 32.4 Å². The number of carboxylic acid groups (broad SMARTS) is 1. The average Bonchev–Trinajstić information content (AvgIpc) is 3.35. The summed E-state index contributed by atoms with van der Waals surface area (Å²) < 4.78 is 0. The first-order chi connectivity index (χ1) is 16.5. The van der Waals surface area contributed by atoms with Crippen molar-refractivity contribution in [2.24, 2.45) is 0 Å². The lowest BCUT2D eigenvalue weighted by Crippen LogP contribution is -2.42. The van der Waals surface area contributed by atoms with Crippen molar-refractivity contribution in [3.8, 4) is 22.6 Å². The summed E-state index contributed by atoms with van der Waals surface area (Å²) in [5.41, 5.74) is 7.89. The monoisotopic (exact) mass is 471 g/mol. The van der Waals surface area contributed by atoms with Crippen LogP contribution in [0.5, 0.6) is 0 Å². The number of carboxylic acids is 1. The molecule has 0 spiro atoms. The molecule has 1 atom stereocenters. The first-order valence-corrected chi connectivity index (χ1v) is 11.8. The smallest absolute Gasteiger partial charge is 0.320 e.